The minimum atomic E-state index is -0.216. The van der Waals surface area contributed by atoms with Crippen molar-refractivity contribution in [3.63, 3.8) is 0 Å². The van der Waals surface area contributed by atoms with E-state index in [1.165, 1.54) is 50.3 Å². The van der Waals surface area contributed by atoms with Crippen molar-refractivity contribution in [2.75, 3.05) is 6.61 Å². The van der Waals surface area contributed by atoms with Crippen molar-refractivity contribution in [3.8, 4) is 5.75 Å². The molecular formula is C20H26O3S. The maximum atomic E-state index is 12.0. The molecule has 0 fully saturated rings. The molecule has 130 valence electrons. The highest BCUT2D eigenvalue weighted by molar-refractivity contribution is 7.79. The fourth-order valence-electron chi connectivity index (χ4n) is 2.94. The minimum Gasteiger partial charge on any atom is -0.506 e. The van der Waals surface area contributed by atoms with Gasteiger partial charge in [-0.05, 0) is 24.6 Å². The van der Waals surface area contributed by atoms with Crippen LogP contribution in [0.2, 0.25) is 0 Å². The molecule has 1 aliphatic rings. The van der Waals surface area contributed by atoms with Crippen molar-refractivity contribution in [1.29, 1.82) is 0 Å². The molecule has 0 spiro atoms. The van der Waals surface area contributed by atoms with Gasteiger partial charge < -0.3 is 9.84 Å². The summed E-state index contributed by atoms with van der Waals surface area (Å²) < 4.78 is 5.75. The van der Waals surface area contributed by atoms with Crippen LogP contribution in [-0.4, -0.2) is 22.9 Å². The van der Waals surface area contributed by atoms with E-state index in [0.29, 0.717) is 23.5 Å². The molecule has 0 aromatic heterocycles. The zero-order valence-electron chi connectivity index (χ0n) is 14.3. The molecular weight excluding hydrogens is 320 g/mol. The number of hydrogen-bond acceptors (Lipinski definition) is 4. The van der Waals surface area contributed by atoms with Crippen molar-refractivity contribution in [1.82, 2.24) is 0 Å². The molecule has 1 aromatic rings. The van der Waals surface area contributed by atoms with Gasteiger partial charge in [0.15, 0.2) is 5.78 Å². The number of benzene rings is 1. The summed E-state index contributed by atoms with van der Waals surface area (Å²) in [6.45, 7) is 2.89. The normalized spacial score (nSPS) is 13.3. The number of unbranched alkanes of at least 4 members (excludes halogenated alkanes) is 7. The number of thiocarbonyl (C=S) groups is 1. The highest BCUT2D eigenvalue weighted by atomic mass is 32.1. The highest BCUT2D eigenvalue weighted by Gasteiger charge is 2.28. The first kappa shape index (κ1) is 18.7. The van der Waals surface area contributed by atoms with Crippen LogP contribution in [0.1, 0.15) is 74.2 Å². The molecule has 0 radical (unpaired) electrons. The van der Waals surface area contributed by atoms with Gasteiger partial charge in [-0.2, -0.15) is 0 Å². The van der Waals surface area contributed by atoms with Crippen LogP contribution in [0.15, 0.2) is 23.8 Å². The molecule has 1 aliphatic carbocycles. The molecule has 1 N–H and O–H groups in total. The topological polar surface area (TPSA) is 46.5 Å². The second-order valence-electron chi connectivity index (χ2n) is 6.24. The number of hydrogen-bond donors (Lipinski definition) is 1. The van der Waals surface area contributed by atoms with E-state index in [1.54, 1.807) is 18.2 Å². The third-order valence-corrected chi connectivity index (χ3v) is 4.61. The lowest BCUT2D eigenvalue weighted by Crippen LogP contribution is -2.00. The van der Waals surface area contributed by atoms with Gasteiger partial charge >= 0.3 is 0 Å². The summed E-state index contributed by atoms with van der Waals surface area (Å²) >= 11 is 4.79. The summed E-state index contributed by atoms with van der Waals surface area (Å²) in [5.41, 5.74) is 1.20. The fourth-order valence-corrected chi connectivity index (χ4v) is 3.16. The predicted molar refractivity (Wildman–Crippen MR) is 102 cm³/mol. The van der Waals surface area contributed by atoms with Gasteiger partial charge in [0.25, 0.3) is 0 Å². The molecule has 0 saturated carbocycles. The number of fused-ring (bicyclic) bond motifs is 1. The van der Waals surface area contributed by atoms with Gasteiger partial charge in [-0.3, -0.25) is 4.79 Å². The zero-order valence-corrected chi connectivity index (χ0v) is 15.2. The van der Waals surface area contributed by atoms with Gasteiger partial charge in [0.1, 0.15) is 11.5 Å². The third-order valence-electron chi connectivity index (χ3n) is 4.37. The van der Waals surface area contributed by atoms with Gasteiger partial charge in [0.2, 0.25) is 0 Å². The lowest BCUT2D eigenvalue weighted by molar-refractivity contribution is 0.104. The lowest BCUT2D eigenvalue weighted by atomic mass is 10.1. The summed E-state index contributed by atoms with van der Waals surface area (Å²) in [7, 11) is 0. The molecule has 0 bridgehead atoms. The standard InChI is InChI=1S/C20H26O3S/c1-2-3-4-5-6-7-8-9-12-23-15-10-11-16-17(13-15)20(22)18(14-24)19(16)21/h10-11,13-14,22H,2-9,12H2,1H3. The zero-order chi connectivity index (χ0) is 17.4. The van der Waals surface area contributed by atoms with Crippen molar-refractivity contribution < 1.29 is 14.6 Å². The highest BCUT2D eigenvalue weighted by Crippen LogP contribution is 2.33. The van der Waals surface area contributed by atoms with Crippen molar-refractivity contribution in [2.24, 2.45) is 0 Å². The summed E-state index contributed by atoms with van der Waals surface area (Å²) in [4.78, 5) is 12.0. The second kappa shape index (κ2) is 9.58. The van der Waals surface area contributed by atoms with E-state index in [2.05, 4.69) is 6.92 Å². The number of aliphatic hydroxyl groups excluding tert-OH is 1. The Morgan fingerprint density at radius 1 is 1.04 bits per heavy atom. The molecule has 1 aromatic carbocycles. The van der Waals surface area contributed by atoms with Crippen molar-refractivity contribution in [2.45, 2.75) is 58.3 Å². The average molecular weight is 346 g/mol. The van der Waals surface area contributed by atoms with Crippen LogP contribution in [0.3, 0.4) is 0 Å². The molecule has 0 atom stereocenters. The number of aliphatic hydroxyl groups is 1. The number of rotatable bonds is 11. The number of ketones is 1. The van der Waals surface area contributed by atoms with Crippen LogP contribution in [0.25, 0.3) is 5.76 Å². The van der Waals surface area contributed by atoms with E-state index >= 15 is 0 Å². The van der Waals surface area contributed by atoms with Gasteiger partial charge in [-0.1, -0.05) is 64.1 Å². The Bertz CT molecular complexity index is 619. The number of Topliss-reactive ketones (excluding diaryl/α,β-unsaturated/α-hetero) is 1. The number of carbonyl (C=O) groups excluding carboxylic acids is 1. The Hall–Kier alpha value is -1.68. The second-order valence-corrected chi connectivity index (χ2v) is 6.48. The molecule has 0 heterocycles. The summed E-state index contributed by atoms with van der Waals surface area (Å²) in [6, 6.07) is 5.20. The van der Waals surface area contributed by atoms with Crippen LogP contribution >= 0.6 is 12.2 Å². The molecule has 2 rings (SSSR count). The number of ether oxygens (including phenoxy) is 1. The Labute approximate surface area is 149 Å². The first-order chi connectivity index (χ1) is 11.7. The molecule has 0 saturated heterocycles. The van der Waals surface area contributed by atoms with Crippen LogP contribution in [-0.2, 0) is 0 Å². The first-order valence-electron chi connectivity index (χ1n) is 8.89. The summed E-state index contributed by atoms with van der Waals surface area (Å²) in [5.74, 6) is 0.427. The monoisotopic (exact) mass is 346 g/mol. The van der Waals surface area contributed by atoms with E-state index in [9.17, 15) is 9.90 Å². The van der Waals surface area contributed by atoms with Gasteiger partial charge in [0, 0.05) is 16.5 Å². The van der Waals surface area contributed by atoms with Gasteiger partial charge in [-0.15, -0.1) is 0 Å². The van der Waals surface area contributed by atoms with E-state index in [4.69, 9.17) is 17.0 Å². The minimum absolute atomic E-state index is 0.0393. The third kappa shape index (κ3) is 4.67. The number of allylic oxidation sites excluding steroid dienone is 1. The van der Waals surface area contributed by atoms with Crippen LogP contribution in [0, 0.1) is 0 Å². The summed E-state index contributed by atoms with van der Waals surface area (Å²) in [5, 5.41) is 11.3. The van der Waals surface area contributed by atoms with Gasteiger partial charge in [0.05, 0.1) is 12.2 Å². The number of carbonyl (C=O) groups is 1. The maximum absolute atomic E-state index is 12.0. The molecule has 3 nitrogen and oxygen atoms in total. The van der Waals surface area contributed by atoms with E-state index in [1.807, 2.05) is 0 Å². The lowest BCUT2D eigenvalue weighted by Gasteiger charge is -2.08. The van der Waals surface area contributed by atoms with Crippen LogP contribution in [0.5, 0.6) is 5.75 Å². The maximum Gasteiger partial charge on any atom is 0.198 e. The SMILES string of the molecule is CCCCCCCCCCOc1ccc2c(c1)C(O)=C(C=S)C2=O. The molecule has 24 heavy (non-hydrogen) atoms. The van der Waals surface area contributed by atoms with Crippen LogP contribution < -0.4 is 4.74 Å². The molecule has 0 amide bonds. The van der Waals surface area contributed by atoms with E-state index in [0.717, 1.165) is 6.42 Å². The van der Waals surface area contributed by atoms with E-state index in [-0.39, 0.29) is 17.1 Å². The first-order valence-corrected chi connectivity index (χ1v) is 9.36. The molecule has 0 unspecified atom stereocenters. The molecule has 4 heteroatoms. The fraction of sp³-hybridized carbons (Fsp3) is 0.500. The Kier molecular flexibility index (Phi) is 7.44. The smallest absolute Gasteiger partial charge is 0.198 e. The van der Waals surface area contributed by atoms with Crippen molar-refractivity contribution in [3.05, 3.63) is 34.9 Å². The average Bonchev–Trinajstić information content (AvgIpc) is 2.83. The molecule has 0 aliphatic heterocycles. The Morgan fingerprint density at radius 3 is 2.38 bits per heavy atom. The summed E-state index contributed by atoms with van der Waals surface area (Å²) in [6.07, 6.45) is 10.1. The van der Waals surface area contributed by atoms with Crippen LogP contribution in [0.4, 0.5) is 0 Å². The largest absolute Gasteiger partial charge is 0.506 e. The van der Waals surface area contributed by atoms with Crippen molar-refractivity contribution >= 4 is 29.1 Å². The predicted octanol–water partition coefficient (Wildman–Crippen LogP) is 5.67. The van der Waals surface area contributed by atoms with Gasteiger partial charge in [-0.25, -0.2) is 0 Å². The van der Waals surface area contributed by atoms with E-state index < -0.39 is 0 Å². The Morgan fingerprint density at radius 2 is 1.71 bits per heavy atom. The quantitative estimate of drug-likeness (QED) is 0.414. The Balaban J connectivity index is 1.74.